The van der Waals surface area contributed by atoms with Gasteiger partial charge in [0.15, 0.2) is 0 Å². The van der Waals surface area contributed by atoms with E-state index in [2.05, 4.69) is 41.1 Å². The first kappa shape index (κ1) is 16.6. The lowest BCUT2D eigenvalue weighted by atomic mass is 10.3. The second-order valence-corrected chi connectivity index (χ2v) is 3.89. The van der Waals surface area contributed by atoms with Gasteiger partial charge in [0.25, 0.3) is 0 Å². The van der Waals surface area contributed by atoms with Crippen LogP contribution in [0.5, 0.6) is 0 Å². The van der Waals surface area contributed by atoms with Crippen LogP contribution in [0.15, 0.2) is 16.8 Å². The van der Waals surface area contributed by atoms with Gasteiger partial charge in [0.1, 0.15) is 0 Å². The Morgan fingerprint density at radius 3 is 2.57 bits per heavy atom. The summed E-state index contributed by atoms with van der Waals surface area (Å²) in [4.78, 5) is 2.18. The average molecular weight is 255 g/mol. The van der Waals surface area contributed by atoms with Crippen LogP contribution in [0.25, 0.3) is 0 Å². The highest BCUT2D eigenvalue weighted by molar-refractivity contribution is 7.07. The molecule has 0 unspecified atom stereocenters. The highest BCUT2D eigenvalue weighted by Crippen LogP contribution is 2.04. The molecular formula is C9H16Cl2N2S-2. The lowest BCUT2D eigenvalue weighted by molar-refractivity contribution is -0.001000. The molecule has 0 fully saturated rings. The summed E-state index contributed by atoms with van der Waals surface area (Å²) < 4.78 is 0. The van der Waals surface area contributed by atoms with Gasteiger partial charge in [0, 0.05) is 19.6 Å². The van der Waals surface area contributed by atoms with Gasteiger partial charge in [-0.25, -0.2) is 0 Å². The molecule has 84 valence electrons. The van der Waals surface area contributed by atoms with E-state index in [0.29, 0.717) is 0 Å². The maximum Gasteiger partial charge on any atom is 0.0214 e. The van der Waals surface area contributed by atoms with Gasteiger partial charge < -0.3 is 35.0 Å². The first-order valence-corrected chi connectivity index (χ1v) is 5.10. The maximum atomic E-state index is 3.38. The number of nitrogens with zero attached hydrogens (tertiary/aromatic N) is 1. The lowest BCUT2D eigenvalue weighted by Crippen LogP contribution is -3.00. The number of hydrogen-bond donors (Lipinski definition) is 1. The van der Waals surface area contributed by atoms with Crippen molar-refractivity contribution >= 4 is 11.3 Å². The Kier molecular flexibility index (Phi) is 11.6. The van der Waals surface area contributed by atoms with Gasteiger partial charge in [-0.15, -0.1) is 0 Å². The molecule has 0 amide bonds. The normalized spacial score (nSPS) is 9.36. The third-order valence-corrected chi connectivity index (χ3v) is 2.38. The molecule has 0 spiro atoms. The molecule has 1 heterocycles. The predicted octanol–water partition coefficient (Wildman–Crippen LogP) is -4.59. The molecule has 1 aromatic heterocycles. The Bertz CT molecular complexity index is 203. The summed E-state index contributed by atoms with van der Waals surface area (Å²) in [5.74, 6) is 0. The van der Waals surface area contributed by atoms with Crippen molar-refractivity contribution in [3.63, 3.8) is 0 Å². The van der Waals surface area contributed by atoms with Gasteiger partial charge in [-0.3, -0.25) is 0 Å². The molecule has 0 bridgehead atoms. The van der Waals surface area contributed by atoms with E-state index in [9.17, 15) is 0 Å². The fourth-order valence-corrected chi connectivity index (χ4v) is 1.60. The zero-order chi connectivity index (χ0) is 8.81. The molecule has 0 saturated carbocycles. The Labute approximate surface area is 103 Å². The van der Waals surface area contributed by atoms with E-state index in [1.165, 1.54) is 5.56 Å². The number of halogens is 2. The van der Waals surface area contributed by atoms with Crippen molar-refractivity contribution < 1.29 is 24.8 Å². The smallest absolute Gasteiger partial charge is 0.0214 e. The number of nitrogens with one attached hydrogen (secondary N) is 1. The van der Waals surface area contributed by atoms with Crippen LogP contribution in [0, 0.1) is 0 Å². The summed E-state index contributed by atoms with van der Waals surface area (Å²) in [7, 11) is 4.18. The van der Waals surface area contributed by atoms with Gasteiger partial charge >= 0.3 is 0 Å². The van der Waals surface area contributed by atoms with Crippen molar-refractivity contribution in [2.24, 2.45) is 0 Å². The number of hydrogen-bond acceptors (Lipinski definition) is 3. The second-order valence-electron chi connectivity index (χ2n) is 3.11. The van der Waals surface area contributed by atoms with Crippen LogP contribution in [-0.2, 0) is 6.54 Å². The molecule has 2 nitrogen and oxygen atoms in total. The molecule has 1 aromatic rings. The molecule has 0 atom stereocenters. The maximum absolute atomic E-state index is 3.38. The summed E-state index contributed by atoms with van der Waals surface area (Å²) in [6.45, 7) is 3.16. The van der Waals surface area contributed by atoms with Gasteiger partial charge in [-0.2, -0.15) is 11.3 Å². The number of thiophene rings is 1. The van der Waals surface area contributed by atoms with Crippen LogP contribution in [0.3, 0.4) is 0 Å². The quantitative estimate of drug-likeness (QED) is 0.533. The summed E-state index contributed by atoms with van der Waals surface area (Å²) in [5.41, 5.74) is 1.39. The third kappa shape index (κ3) is 7.59. The molecule has 0 aliphatic rings. The molecule has 1 rings (SSSR count). The second kappa shape index (κ2) is 9.74. The molecule has 14 heavy (non-hydrogen) atoms. The highest BCUT2D eigenvalue weighted by Gasteiger charge is 1.92. The molecule has 1 N–H and O–H groups in total. The Hall–Kier alpha value is 0.200. The zero-order valence-electron chi connectivity index (χ0n) is 8.46. The van der Waals surface area contributed by atoms with Gasteiger partial charge in [-0.05, 0) is 36.5 Å². The largest absolute Gasteiger partial charge is 1.00 e. The summed E-state index contributed by atoms with van der Waals surface area (Å²) >= 11 is 1.75. The highest BCUT2D eigenvalue weighted by atomic mass is 35.5. The minimum atomic E-state index is 0. The predicted molar refractivity (Wildman–Crippen MR) is 54.6 cm³/mol. The van der Waals surface area contributed by atoms with E-state index in [1.54, 1.807) is 11.3 Å². The van der Waals surface area contributed by atoms with Crippen molar-refractivity contribution in [1.29, 1.82) is 0 Å². The van der Waals surface area contributed by atoms with E-state index in [1.807, 2.05) is 0 Å². The van der Waals surface area contributed by atoms with Crippen LogP contribution in [0.1, 0.15) is 5.56 Å². The number of likely N-dealkylation sites (N-methyl/N-ethyl adjacent to an activating group) is 1. The molecule has 0 aliphatic heterocycles. The monoisotopic (exact) mass is 254 g/mol. The van der Waals surface area contributed by atoms with Crippen LogP contribution in [0.4, 0.5) is 0 Å². The Balaban J connectivity index is 0. The van der Waals surface area contributed by atoms with E-state index >= 15 is 0 Å². The molecule has 0 radical (unpaired) electrons. The number of rotatable bonds is 5. The van der Waals surface area contributed by atoms with Gasteiger partial charge in [-0.1, -0.05) is 0 Å². The Morgan fingerprint density at radius 2 is 2.07 bits per heavy atom. The first-order valence-electron chi connectivity index (χ1n) is 4.15. The van der Waals surface area contributed by atoms with Crippen LogP contribution in [-0.4, -0.2) is 32.1 Å². The van der Waals surface area contributed by atoms with Gasteiger partial charge in [0.2, 0.25) is 0 Å². The van der Waals surface area contributed by atoms with Crippen molar-refractivity contribution in [2.75, 3.05) is 27.2 Å². The minimum Gasteiger partial charge on any atom is -1.00 e. The van der Waals surface area contributed by atoms with Crippen molar-refractivity contribution in [2.45, 2.75) is 6.54 Å². The minimum absolute atomic E-state index is 0. The summed E-state index contributed by atoms with van der Waals surface area (Å²) in [6, 6.07) is 2.16. The van der Waals surface area contributed by atoms with Gasteiger partial charge in [0.05, 0.1) is 0 Å². The zero-order valence-corrected chi connectivity index (χ0v) is 10.8. The molecule has 5 heteroatoms. The van der Waals surface area contributed by atoms with Crippen LogP contribution < -0.4 is 30.1 Å². The van der Waals surface area contributed by atoms with E-state index in [0.717, 1.165) is 19.6 Å². The molecule has 0 saturated heterocycles. The molecule has 0 aromatic carbocycles. The SMILES string of the molecule is CN(C)CCNCc1ccsc1.[Cl-].[Cl-]. The fourth-order valence-electron chi connectivity index (χ4n) is 0.929. The van der Waals surface area contributed by atoms with Crippen molar-refractivity contribution in [3.8, 4) is 0 Å². The van der Waals surface area contributed by atoms with Crippen molar-refractivity contribution in [1.82, 2.24) is 10.2 Å². The average Bonchev–Trinajstić information content (AvgIpc) is 2.49. The first-order chi connectivity index (χ1) is 5.79. The summed E-state index contributed by atoms with van der Waals surface area (Å²) in [6.07, 6.45) is 0. The van der Waals surface area contributed by atoms with E-state index in [-0.39, 0.29) is 24.8 Å². The van der Waals surface area contributed by atoms with E-state index < -0.39 is 0 Å². The van der Waals surface area contributed by atoms with Crippen LogP contribution >= 0.6 is 11.3 Å². The standard InChI is InChI=1S/C9H16N2S.2ClH/c1-11(2)5-4-10-7-9-3-6-12-8-9;;/h3,6,8,10H,4-5,7H2,1-2H3;2*1H/p-2. The fraction of sp³-hybridized carbons (Fsp3) is 0.556. The molecule has 0 aliphatic carbocycles. The molecular weight excluding hydrogens is 239 g/mol. The lowest BCUT2D eigenvalue weighted by Gasteiger charge is -2.09. The Morgan fingerprint density at radius 1 is 1.36 bits per heavy atom. The topological polar surface area (TPSA) is 15.3 Å². The van der Waals surface area contributed by atoms with E-state index in [4.69, 9.17) is 0 Å². The summed E-state index contributed by atoms with van der Waals surface area (Å²) in [5, 5.41) is 7.68. The van der Waals surface area contributed by atoms with Crippen LogP contribution in [0.2, 0.25) is 0 Å². The third-order valence-electron chi connectivity index (χ3n) is 1.65. The van der Waals surface area contributed by atoms with Crippen molar-refractivity contribution in [3.05, 3.63) is 22.4 Å².